The summed E-state index contributed by atoms with van der Waals surface area (Å²) >= 11 is 12.4. The Morgan fingerprint density at radius 1 is 1.17 bits per heavy atom. The highest BCUT2D eigenvalue weighted by atomic mass is 35.5. The highest BCUT2D eigenvalue weighted by molar-refractivity contribution is 7.89. The van der Waals surface area contributed by atoms with Crippen LogP contribution in [0.25, 0.3) is 0 Å². The van der Waals surface area contributed by atoms with Crippen LogP contribution in [-0.2, 0) is 32.5 Å². The maximum Gasteiger partial charge on any atom is 0.253 e. The second-order valence-electron chi connectivity index (χ2n) is 9.15. The lowest BCUT2D eigenvalue weighted by Gasteiger charge is -2.34. The number of aryl methyl sites for hydroxylation is 2. The molecule has 0 atom stereocenters. The first-order chi connectivity index (χ1) is 16.5. The van der Waals surface area contributed by atoms with Gasteiger partial charge in [-0.2, -0.15) is 0 Å². The third kappa shape index (κ3) is 5.45. The number of hydrogen-bond acceptors (Lipinski definition) is 5. The molecule has 0 aromatic heterocycles. The predicted octanol–water partition coefficient (Wildman–Crippen LogP) is 3.72. The molecule has 4 rings (SSSR count). The van der Waals surface area contributed by atoms with E-state index in [-0.39, 0.29) is 30.5 Å². The minimum atomic E-state index is -3.51. The number of ketones is 1. The molecule has 2 aromatic carbocycles. The fourth-order valence-corrected chi connectivity index (χ4v) is 6.47. The van der Waals surface area contributed by atoms with E-state index in [0.717, 1.165) is 16.7 Å². The number of amidine groups is 1. The molecule has 2 heterocycles. The number of halogens is 2. The number of hydrogen-bond donors (Lipinski definition) is 1. The number of sulfonamides is 1. The summed E-state index contributed by atoms with van der Waals surface area (Å²) < 4.78 is 27.5. The van der Waals surface area contributed by atoms with Crippen LogP contribution in [0.4, 0.5) is 0 Å². The smallest absolute Gasteiger partial charge is 0.253 e. The zero-order valence-corrected chi connectivity index (χ0v) is 21.9. The van der Waals surface area contributed by atoms with E-state index in [1.165, 1.54) is 4.31 Å². The van der Waals surface area contributed by atoms with Crippen LogP contribution < -0.4 is 5.32 Å². The average molecular weight is 536 g/mol. The number of benzene rings is 2. The topological polar surface area (TPSA) is 95.9 Å². The molecule has 0 bridgehead atoms. The minimum Gasteiger partial charge on any atom is -0.308 e. The molecule has 1 fully saturated rings. The van der Waals surface area contributed by atoms with Crippen LogP contribution in [0, 0.1) is 6.92 Å². The van der Waals surface area contributed by atoms with Crippen molar-refractivity contribution >= 4 is 50.8 Å². The van der Waals surface area contributed by atoms with E-state index >= 15 is 0 Å². The quantitative estimate of drug-likeness (QED) is 0.584. The maximum absolute atomic E-state index is 13.0. The molecule has 0 saturated carbocycles. The Hall–Kier alpha value is -2.26. The average Bonchev–Trinajstić information content (AvgIpc) is 3.10. The molecule has 0 unspecified atom stereocenters. The number of rotatable bonds is 7. The number of nitrogens with zero attached hydrogens (tertiary/aromatic N) is 2. The van der Waals surface area contributed by atoms with Crippen molar-refractivity contribution in [3.63, 3.8) is 0 Å². The Labute approximate surface area is 215 Å². The zero-order valence-electron chi connectivity index (χ0n) is 19.6. The van der Waals surface area contributed by atoms with Gasteiger partial charge in [0, 0.05) is 25.1 Å². The van der Waals surface area contributed by atoms with E-state index < -0.39 is 15.6 Å². The lowest BCUT2D eigenvalue weighted by Crippen LogP contribution is -2.50. The number of carbonyl (C=O) groups excluding carboxylic acids is 2. The van der Waals surface area contributed by atoms with Gasteiger partial charge in [0.25, 0.3) is 5.91 Å². The molecular formula is C25H27Cl2N3O4S. The summed E-state index contributed by atoms with van der Waals surface area (Å²) in [4.78, 5) is 28.8. The molecule has 2 aliphatic rings. The van der Waals surface area contributed by atoms with Gasteiger partial charge >= 0.3 is 0 Å². The molecule has 35 heavy (non-hydrogen) atoms. The van der Waals surface area contributed by atoms with Gasteiger partial charge in [0.05, 0.1) is 15.8 Å². The summed E-state index contributed by atoms with van der Waals surface area (Å²) in [6.07, 6.45) is 1.33. The molecule has 1 amide bonds. The molecular weight excluding hydrogens is 509 g/mol. The number of nitrogens with one attached hydrogen (secondary N) is 1. The summed E-state index contributed by atoms with van der Waals surface area (Å²) in [5.74, 6) is 0.182. The molecule has 1 N–H and O–H groups in total. The summed E-state index contributed by atoms with van der Waals surface area (Å²) in [5.41, 5.74) is 2.38. The lowest BCUT2D eigenvalue weighted by molar-refractivity contribution is -0.125. The van der Waals surface area contributed by atoms with Crippen LogP contribution in [-0.4, -0.2) is 54.6 Å². The standard InChI is InChI=1S/C25H27Cl2N3O4S/c1-16-14-18(15-17(2)31)6-7-19(16)8-13-35(33,34)30-11-9-25(10-12-30)24(32)28-23(29-25)20-4-3-5-21(26)22(20)27/h3-7,14H,8-13,15H2,1-2H3,(H,28,29,32). The van der Waals surface area contributed by atoms with Gasteiger partial charge in [-0.05, 0) is 61.9 Å². The van der Waals surface area contributed by atoms with E-state index in [9.17, 15) is 18.0 Å². The summed E-state index contributed by atoms with van der Waals surface area (Å²) in [6, 6.07) is 10.8. The van der Waals surface area contributed by atoms with E-state index in [0.29, 0.717) is 47.1 Å². The van der Waals surface area contributed by atoms with Crippen LogP contribution in [0.1, 0.15) is 42.0 Å². The van der Waals surface area contributed by atoms with Gasteiger partial charge in [-0.3, -0.25) is 14.6 Å². The van der Waals surface area contributed by atoms with Crippen molar-refractivity contribution < 1.29 is 18.0 Å². The number of piperidine rings is 1. The molecule has 2 aromatic rings. The first-order valence-corrected chi connectivity index (χ1v) is 13.8. The third-order valence-electron chi connectivity index (χ3n) is 6.62. The van der Waals surface area contributed by atoms with Crippen molar-refractivity contribution in [2.75, 3.05) is 18.8 Å². The Balaban J connectivity index is 1.41. The van der Waals surface area contributed by atoms with E-state index in [4.69, 9.17) is 23.2 Å². The summed E-state index contributed by atoms with van der Waals surface area (Å²) in [7, 11) is -3.51. The highest BCUT2D eigenvalue weighted by Crippen LogP contribution is 2.34. The fraction of sp³-hybridized carbons (Fsp3) is 0.400. The largest absolute Gasteiger partial charge is 0.308 e. The van der Waals surface area contributed by atoms with Gasteiger partial charge in [0.1, 0.15) is 17.2 Å². The first kappa shape index (κ1) is 25.8. The van der Waals surface area contributed by atoms with Crippen LogP contribution in [0.3, 0.4) is 0 Å². The van der Waals surface area contributed by atoms with Crippen LogP contribution >= 0.6 is 23.2 Å². The molecule has 0 aliphatic carbocycles. The van der Waals surface area contributed by atoms with E-state index in [2.05, 4.69) is 10.3 Å². The monoisotopic (exact) mass is 535 g/mol. The van der Waals surface area contributed by atoms with Crippen molar-refractivity contribution in [2.24, 2.45) is 4.99 Å². The van der Waals surface area contributed by atoms with Crippen LogP contribution in [0.15, 0.2) is 41.4 Å². The molecule has 0 radical (unpaired) electrons. The zero-order chi connectivity index (χ0) is 25.4. The number of amides is 1. The second-order valence-corrected chi connectivity index (χ2v) is 12.0. The summed E-state index contributed by atoms with van der Waals surface area (Å²) in [6.45, 7) is 3.90. The third-order valence-corrected chi connectivity index (χ3v) is 9.31. The molecule has 1 saturated heterocycles. The van der Waals surface area contributed by atoms with Gasteiger partial charge in [-0.1, -0.05) is 47.5 Å². The van der Waals surface area contributed by atoms with E-state index in [1.54, 1.807) is 25.1 Å². The molecule has 186 valence electrons. The lowest BCUT2D eigenvalue weighted by atomic mass is 9.89. The van der Waals surface area contributed by atoms with Gasteiger partial charge in [-0.25, -0.2) is 12.7 Å². The SMILES string of the molecule is CC(=O)Cc1ccc(CCS(=O)(=O)N2CCC3(CC2)N=C(c2cccc(Cl)c2Cl)NC3=O)c(C)c1. The Kier molecular flexibility index (Phi) is 7.38. The Morgan fingerprint density at radius 3 is 2.54 bits per heavy atom. The maximum atomic E-state index is 13.0. The van der Waals surface area contributed by atoms with Crippen LogP contribution in [0.5, 0.6) is 0 Å². The second kappa shape index (κ2) is 10.0. The molecule has 10 heteroatoms. The van der Waals surface area contributed by atoms with Crippen molar-refractivity contribution in [3.05, 3.63) is 68.7 Å². The molecule has 7 nitrogen and oxygen atoms in total. The number of Topliss-reactive ketones (excluding diaryl/α,β-unsaturated/α-hetero) is 1. The first-order valence-electron chi connectivity index (χ1n) is 11.4. The Morgan fingerprint density at radius 2 is 1.89 bits per heavy atom. The normalized spacial score (nSPS) is 17.9. The van der Waals surface area contributed by atoms with Crippen molar-refractivity contribution in [2.45, 2.75) is 45.1 Å². The fourth-order valence-electron chi connectivity index (χ4n) is 4.61. The van der Waals surface area contributed by atoms with Gasteiger partial charge in [-0.15, -0.1) is 0 Å². The van der Waals surface area contributed by atoms with Crippen molar-refractivity contribution in [3.8, 4) is 0 Å². The predicted molar refractivity (Wildman–Crippen MR) is 138 cm³/mol. The number of aliphatic imine (C=N–C) groups is 1. The Bertz CT molecular complexity index is 1320. The minimum absolute atomic E-state index is 0.0221. The van der Waals surface area contributed by atoms with Crippen molar-refractivity contribution in [1.82, 2.24) is 9.62 Å². The highest BCUT2D eigenvalue weighted by Gasteiger charge is 2.47. The van der Waals surface area contributed by atoms with Crippen molar-refractivity contribution in [1.29, 1.82) is 0 Å². The van der Waals surface area contributed by atoms with Gasteiger partial charge < -0.3 is 5.32 Å². The molecule has 1 spiro atoms. The van der Waals surface area contributed by atoms with Gasteiger partial charge in [0.2, 0.25) is 10.0 Å². The molecule has 2 aliphatic heterocycles. The van der Waals surface area contributed by atoms with Gasteiger partial charge in [0.15, 0.2) is 0 Å². The summed E-state index contributed by atoms with van der Waals surface area (Å²) in [5, 5.41) is 3.48. The van der Waals surface area contributed by atoms with E-state index in [1.807, 2.05) is 25.1 Å². The number of carbonyl (C=O) groups is 2. The van der Waals surface area contributed by atoms with Crippen LogP contribution in [0.2, 0.25) is 10.0 Å².